The van der Waals surface area contributed by atoms with Crippen LogP contribution in [-0.4, -0.2) is 43.2 Å². The van der Waals surface area contributed by atoms with Gasteiger partial charge in [0.05, 0.1) is 13.2 Å². The number of carbonyl (C=O) groups is 2. The second kappa shape index (κ2) is 7.80. The van der Waals surface area contributed by atoms with Gasteiger partial charge in [0.1, 0.15) is 18.1 Å². The summed E-state index contributed by atoms with van der Waals surface area (Å²) >= 11 is 0. The zero-order chi connectivity index (χ0) is 19.7. The van der Waals surface area contributed by atoms with Crippen LogP contribution in [0.3, 0.4) is 0 Å². The number of methoxy groups -OCH3 is 1. The van der Waals surface area contributed by atoms with Gasteiger partial charge in [0.2, 0.25) is 0 Å². The number of nitrogens with one attached hydrogen (secondary N) is 1. The van der Waals surface area contributed by atoms with Crippen molar-refractivity contribution in [2.75, 3.05) is 20.3 Å². The van der Waals surface area contributed by atoms with Crippen molar-refractivity contribution in [1.29, 1.82) is 0 Å². The first-order valence-corrected chi connectivity index (χ1v) is 9.74. The molecule has 0 amide bonds. The molecule has 1 aliphatic heterocycles. The van der Waals surface area contributed by atoms with Gasteiger partial charge in [-0.1, -0.05) is 12.1 Å². The molecule has 1 aliphatic carbocycles. The summed E-state index contributed by atoms with van der Waals surface area (Å²) < 4.78 is 16.1. The Bertz CT molecular complexity index is 877. The third-order valence-electron chi connectivity index (χ3n) is 5.70. The maximum atomic E-state index is 12.8. The second-order valence-electron chi connectivity index (χ2n) is 7.51. The maximum absolute atomic E-state index is 12.8. The van der Waals surface area contributed by atoms with Crippen molar-refractivity contribution in [2.24, 2.45) is 0 Å². The largest absolute Gasteiger partial charge is 0.497 e. The van der Waals surface area contributed by atoms with E-state index >= 15 is 0 Å². The summed E-state index contributed by atoms with van der Waals surface area (Å²) in [6, 6.07) is 7.80. The van der Waals surface area contributed by atoms with Crippen molar-refractivity contribution in [1.82, 2.24) is 4.98 Å². The van der Waals surface area contributed by atoms with Crippen LogP contribution >= 0.6 is 0 Å². The van der Waals surface area contributed by atoms with Crippen LogP contribution in [0.4, 0.5) is 0 Å². The molecule has 0 unspecified atom stereocenters. The summed E-state index contributed by atoms with van der Waals surface area (Å²) in [6.07, 6.45) is 3.01. The van der Waals surface area contributed by atoms with E-state index in [1.54, 1.807) is 7.11 Å². The molecule has 2 heterocycles. The van der Waals surface area contributed by atoms with E-state index in [-0.39, 0.29) is 24.4 Å². The smallest absolute Gasteiger partial charge is 0.355 e. The van der Waals surface area contributed by atoms with Gasteiger partial charge in [0.15, 0.2) is 5.78 Å². The van der Waals surface area contributed by atoms with E-state index in [0.29, 0.717) is 29.7 Å². The van der Waals surface area contributed by atoms with Gasteiger partial charge < -0.3 is 19.2 Å². The molecule has 1 aromatic carbocycles. The lowest BCUT2D eigenvalue weighted by atomic mass is 9.81. The zero-order valence-corrected chi connectivity index (χ0v) is 16.2. The molecule has 0 radical (unpaired) electrons. The number of Topliss-reactive ketones (excluding diaryl/α,β-unsaturated/α-hetero) is 1. The molecule has 6 heteroatoms. The maximum Gasteiger partial charge on any atom is 0.355 e. The number of carbonyl (C=O) groups excluding carboxylic acids is 2. The summed E-state index contributed by atoms with van der Waals surface area (Å²) in [5.41, 5.74) is 3.62. The lowest BCUT2D eigenvalue weighted by Crippen LogP contribution is -2.18. The Morgan fingerprint density at radius 2 is 2.04 bits per heavy atom. The second-order valence-corrected chi connectivity index (χ2v) is 7.51. The SMILES string of the molecule is COc1ccc([C@H]2CC(=O)c3c([nH]c(C(=O)OC[C@H]4CCCO4)c3C)C2)cc1. The van der Waals surface area contributed by atoms with Gasteiger partial charge in [0, 0.05) is 24.3 Å². The van der Waals surface area contributed by atoms with E-state index in [9.17, 15) is 9.59 Å². The molecule has 1 fully saturated rings. The number of aromatic amines is 1. The Kier molecular flexibility index (Phi) is 5.22. The Hall–Kier alpha value is -2.60. The molecular weight excluding hydrogens is 358 g/mol. The molecular formula is C22H25NO5. The van der Waals surface area contributed by atoms with Gasteiger partial charge in [-0.05, 0) is 55.4 Å². The Balaban J connectivity index is 1.51. The van der Waals surface area contributed by atoms with Gasteiger partial charge in [-0.2, -0.15) is 0 Å². The summed E-state index contributed by atoms with van der Waals surface area (Å²) in [6.45, 7) is 2.78. The van der Waals surface area contributed by atoms with Crippen molar-refractivity contribution in [2.45, 2.75) is 44.6 Å². The van der Waals surface area contributed by atoms with Gasteiger partial charge >= 0.3 is 5.97 Å². The van der Waals surface area contributed by atoms with Crippen LogP contribution in [0, 0.1) is 6.92 Å². The summed E-state index contributed by atoms with van der Waals surface area (Å²) in [5, 5.41) is 0. The third kappa shape index (κ3) is 3.56. The number of hydrogen-bond donors (Lipinski definition) is 1. The highest BCUT2D eigenvalue weighted by molar-refractivity contribution is 6.03. The first-order valence-electron chi connectivity index (χ1n) is 9.74. The van der Waals surface area contributed by atoms with Gasteiger partial charge in [-0.25, -0.2) is 4.79 Å². The normalized spacial score (nSPS) is 21.4. The first kappa shape index (κ1) is 18.7. The number of hydrogen-bond acceptors (Lipinski definition) is 5. The molecule has 2 aromatic rings. The molecule has 2 atom stereocenters. The van der Waals surface area contributed by atoms with E-state index in [1.165, 1.54) is 0 Å². The molecule has 0 bridgehead atoms. The Labute approximate surface area is 164 Å². The summed E-state index contributed by atoms with van der Waals surface area (Å²) in [7, 11) is 1.63. The van der Waals surface area contributed by atoms with Crippen LogP contribution in [0.5, 0.6) is 5.75 Å². The standard InChI is InChI=1S/C22H25NO5/c1-13-20-18(23-21(13)22(25)28-12-17-4-3-9-27-17)10-15(11-19(20)24)14-5-7-16(26-2)8-6-14/h5-8,15,17,23H,3-4,9-12H2,1-2H3/t15-,17-/m1/s1. The molecule has 1 aromatic heterocycles. The molecule has 1 saturated heterocycles. The molecule has 0 saturated carbocycles. The lowest BCUT2D eigenvalue weighted by molar-refractivity contribution is 0.0156. The monoisotopic (exact) mass is 383 g/mol. The van der Waals surface area contributed by atoms with Crippen LogP contribution in [0.2, 0.25) is 0 Å². The number of benzene rings is 1. The predicted octanol–water partition coefficient (Wildman–Crippen LogP) is 3.58. The number of rotatable bonds is 5. The Morgan fingerprint density at radius 3 is 2.71 bits per heavy atom. The minimum absolute atomic E-state index is 0.0186. The molecule has 0 spiro atoms. The van der Waals surface area contributed by atoms with E-state index in [1.807, 2.05) is 31.2 Å². The minimum Gasteiger partial charge on any atom is -0.497 e. The van der Waals surface area contributed by atoms with Gasteiger partial charge in [0.25, 0.3) is 0 Å². The number of esters is 1. The Morgan fingerprint density at radius 1 is 1.25 bits per heavy atom. The van der Waals surface area contributed by atoms with Crippen LogP contribution in [0.15, 0.2) is 24.3 Å². The number of fused-ring (bicyclic) bond motifs is 1. The third-order valence-corrected chi connectivity index (χ3v) is 5.70. The fraction of sp³-hybridized carbons (Fsp3) is 0.455. The van der Waals surface area contributed by atoms with Gasteiger partial charge in [-0.15, -0.1) is 0 Å². The molecule has 2 aliphatic rings. The van der Waals surface area contributed by atoms with Crippen molar-refractivity contribution < 1.29 is 23.8 Å². The van der Waals surface area contributed by atoms with Crippen LogP contribution in [-0.2, 0) is 15.9 Å². The fourth-order valence-corrected chi connectivity index (χ4v) is 4.17. The fourth-order valence-electron chi connectivity index (χ4n) is 4.17. The molecule has 148 valence electrons. The van der Waals surface area contributed by atoms with E-state index < -0.39 is 5.97 Å². The molecule has 4 rings (SSSR count). The van der Waals surface area contributed by atoms with Gasteiger partial charge in [-0.3, -0.25) is 4.79 Å². The van der Waals surface area contributed by atoms with E-state index in [0.717, 1.165) is 36.5 Å². The first-order chi connectivity index (χ1) is 13.6. The number of ketones is 1. The molecule has 28 heavy (non-hydrogen) atoms. The lowest BCUT2D eigenvalue weighted by Gasteiger charge is -2.22. The molecule has 1 N–H and O–H groups in total. The summed E-state index contributed by atoms with van der Waals surface area (Å²) in [5.74, 6) is 0.517. The topological polar surface area (TPSA) is 77.6 Å². The number of ether oxygens (including phenoxy) is 3. The van der Waals surface area contributed by atoms with Crippen LogP contribution in [0.25, 0.3) is 0 Å². The summed E-state index contributed by atoms with van der Waals surface area (Å²) in [4.78, 5) is 28.5. The highest BCUT2D eigenvalue weighted by Gasteiger charge is 2.32. The minimum atomic E-state index is -0.420. The van der Waals surface area contributed by atoms with Crippen LogP contribution in [0.1, 0.15) is 62.8 Å². The number of aromatic nitrogens is 1. The zero-order valence-electron chi connectivity index (χ0n) is 16.2. The van der Waals surface area contributed by atoms with Crippen molar-refractivity contribution in [3.63, 3.8) is 0 Å². The average Bonchev–Trinajstić information content (AvgIpc) is 3.34. The molecule has 6 nitrogen and oxygen atoms in total. The quantitative estimate of drug-likeness (QED) is 0.799. The van der Waals surface area contributed by atoms with Crippen LogP contribution < -0.4 is 4.74 Å². The van der Waals surface area contributed by atoms with Crippen molar-refractivity contribution in [3.05, 3.63) is 52.3 Å². The van der Waals surface area contributed by atoms with E-state index in [4.69, 9.17) is 14.2 Å². The van der Waals surface area contributed by atoms with Crippen molar-refractivity contribution >= 4 is 11.8 Å². The highest BCUT2D eigenvalue weighted by atomic mass is 16.6. The van der Waals surface area contributed by atoms with Crippen molar-refractivity contribution in [3.8, 4) is 5.75 Å². The predicted molar refractivity (Wildman–Crippen MR) is 103 cm³/mol. The highest BCUT2D eigenvalue weighted by Crippen LogP contribution is 2.35. The number of H-pyrrole nitrogens is 1. The van der Waals surface area contributed by atoms with E-state index in [2.05, 4.69) is 4.98 Å². The average molecular weight is 383 g/mol.